The van der Waals surface area contributed by atoms with Crippen molar-refractivity contribution in [1.82, 2.24) is 25.1 Å². The Morgan fingerprint density at radius 2 is 1.88 bits per heavy atom. The molecule has 0 bridgehead atoms. The van der Waals surface area contributed by atoms with Crippen LogP contribution in [0.15, 0.2) is 38.7 Å². The van der Waals surface area contributed by atoms with Crippen LogP contribution in [0.25, 0.3) is 0 Å². The number of aryl methyl sites for hydroxylation is 2. The number of hydrogen-bond donors (Lipinski definition) is 0. The van der Waals surface area contributed by atoms with Gasteiger partial charge in [0, 0.05) is 20.1 Å². The Morgan fingerprint density at radius 1 is 1.19 bits per heavy atom. The predicted molar refractivity (Wildman–Crippen MR) is 101 cm³/mol. The highest BCUT2D eigenvalue weighted by molar-refractivity contribution is 7.99. The van der Waals surface area contributed by atoms with Gasteiger partial charge in [0.2, 0.25) is 5.16 Å². The van der Waals surface area contributed by atoms with Gasteiger partial charge >= 0.3 is 0 Å². The van der Waals surface area contributed by atoms with Gasteiger partial charge in [0.25, 0.3) is 10.0 Å². The Morgan fingerprint density at radius 3 is 2.50 bits per heavy atom. The van der Waals surface area contributed by atoms with E-state index in [9.17, 15) is 8.42 Å². The zero-order valence-corrected chi connectivity index (χ0v) is 16.5. The van der Waals surface area contributed by atoms with Gasteiger partial charge in [-0.3, -0.25) is 0 Å². The first kappa shape index (κ1) is 18.8. The summed E-state index contributed by atoms with van der Waals surface area (Å²) in [5.74, 6) is 0.956. The molecule has 0 saturated carbocycles. The zero-order valence-electron chi connectivity index (χ0n) is 14.9. The minimum absolute atomic E-state index is 0.211. The number of aromatic nitrogens is 4. The molecule has 0 aliphatic carbocycles. The van der Waals surface area contributed by atoms with Crippen LogP contribution in [0, 0.1) is 6.92 Å². The van der Waals surface area contributed by atoms with E-state index in [2.05, 4.69) is 24.8 Å². The Hall–Kier alpha value is -1.94. The number of amidine groups is 1. The van der Waals surface area contributed by atoms with Gasteiger partial charge in [-0.15, -0.1) is 9.50 Å². The van der Waals surface area contributed by atoms with Gasteiger partial charge < -0.3 is 4.90 Å². The highest BCUT2D eigenvalue weighted by atomic mass is 32.2. The minimum atomic E-state index is -3.75. The molecule has 1 aromatic carbocycles. The second-order valence-electron chi connectivity index (χ2n) is 6.22. The lowest BCUT2D eigenvalue weighted by Crippen LogP contribution is -2.37. The summed E-state index contributed by atoms with van der Waals surface area (Å²) in [4.78, 5) is 2.27. The number of piperidine rings is 1. The zero-order chi connectivity index (χ0) is 18.6. The highest BCUT2D eigenvalue weighted by Gasteiger charge is 2.21. The summed E-state index contributed by atoms with van der Waals surface area (Å²) in [6, 6.07) is 6.76. The van der Waals surface area contributed by atoms with E-state index >= 15 is 0 Å². The number of rotatable bonds is 5. The maximum atomic E-state index is 12.8. The lowest BCUT2D eigenvalue weighted by molar-refractivity contribution is 0.341. The molecule has 0 unspecified atom stereocenters. The fraction of sp³-hybridized carbons (Fsp3) is 0.500. The molecule has 0 amide bonds. The second-order valence-corrected chi connectivity index (χ2v) is 8.76. The van der Waals surface area contributed by atoms with Gasteiger partial charge in [-0.2, -0.15) is 8.42 Å². The predicted octanol–water partition coefficient (Wildman–Crippen LogP) is 1.88. The average molecular weight is 395 g/mol. The maximum absolute atomic E-state index is 12.8. The van der Waals surface area contributed by atoms with Crippen molar-refractivity contribution in [3.63, 3.8) is 0 Å². The number of thioether (sulfide) groups is 1. The topological polar surface area (TPSA) is 93.3 Å². The van der Waals surface area contributed by atoms with Gasteiger partial charge in [-0.1, -0.05) is 29.5 Å². The van der Waals surface area contributed by atoms with E-state index in [1.54, 1.807) is 36.0 Å². The van der Waals surface area contributed by atoms with Gasteiger partial charge in [0.05, 0.1) is 10.6 Å². The molecule has 1 fully saturated rings. The van der Waals surface area contributed by atoms with Crippen LogP contribution in [0.5, 0.6) is 0 Å². The third kappa shape index (κ3) is 4.61. The van der Waals surface area contributed by atoms with E-state index in [1.165, 1.54) is 11.8 Å². The average Bonchev–Trinajstić information content (AvgIpc) is 3.04. The largest absolute Gasteiger partial charge is 0.359 e. The Bertz CT molecular complexity index is 870. The minimum Gasteiger partial charge on any atom is -0.359 e. The molecule has 1 saturated heterocycles. The molecule has 140 valence electrons. The number of hydrogen-bond acceptors (Lipinski definition) is 6. The molecule has 26 heavy (non-hydrogen) atoms. The van der Waals surface area contributed by atoms with Crippen molar-refractivity contribution in [3.05, 3.63) is 29.8 Å². The summed E-state index contributed by atoms with van der Waals surface area (Å²) in [7, 11) is -2.00. The van der Waals surface area contributed by atoms with Crippen LogP contribution in [0.2, 0.25) is 0 Å². The summed E-state index contributed by atoms with van der Waals surface area (Å²) >= 11 is 1.38. The molecule has 1 aliphatic heterocycles. The van der Waals surface area contributed by atoms with Crippen LogP contribution in [0.1, 0.15) is 24.8 Å². The van der Waals surface area contributed by atoms with Crippen molar-refractivity contribution in [2.75, 3.05) is 18.8 Å². The van der Waals surface area contributed by atoms with E-state index in [0.29, 0.717) is 16.7 Å². The van der Waals surface area contributed by atoms with Gasteiger partial charge in [0.15, 0.2) is 0 Å². The standard InChI is InChI=1S/C16H22N6O2S2/c1-13-6-8-14(9-7-13)26(23,24)18-15(22-10-4-3-5-11-22)12-25-16-17-19-20-21(16)2/h6-9H,3-5,10-12H2,1-2H3/b18-15-. The monoisotopic (exact) mass is 394 g/mol. The Kier molecular flexibility index (Phi) is 5.92. The van der Waals surface area contributed by atoms with Crippen LogP contribution in [-0.4, -0.2) is 58.2 Å². The van der Waals surface area contributed by atoms with Crippen molar-refractivity contribution in [2.24, 2.45) is 11.4 Å². The number of tetrazole rings is 1. The maximum Gasteiger partial charge on any atom is 0.283 e. The lowest BCUT2D eigenvalue weighted by Gasteiger charge is -2.29. The molecule has 1 aromatic heterocycles. The third-order valence-corrected chi connectivity index (χ3v) is 6.50. The van der Waals surface area contributed by atoms with Crippen LogP contribution < -0.4 is 0 Å². The molecule has 1 aliphatic rings. The molecule has 0 spiro atoms. The van der Waals surface area contributed by atoms with Crippen molar-refractivity contribution >= 4 is 27.6 Å². The van der Waals surface area contributed by atoms with E-state index in [0.717, 1.165) is 37.9 Å². The van der Waals surface area contributed by atoms with Crippen molar-refractivity contribution in [3.8, 4) is 0 Å². The Balaban J connectivity index is 1.86. The molecular formula is C16H22N6O2S2. The molecule has 10 heteroatoms. The highest BCUT2D eigenvalue weighted by Crippen LogP contribution is 2.20. The molecule has 3 rings (SSSR count). The molecule has 0 N–H and O–H groups in total. The van der Waals surface area contributed by atoms with Gasteiger partial charge in [-0.25, -0.2) is 4.68 Å². The normalized spacial score (nSPS) is 16.1. The Labute approximate surface area is 157 Å². The molecule has 0 radical (unpaired) electrons. The number of likely N-dealkylation sites (tertiary alicyclic amines) is 1. The van der Waals surface area contributed by atoms with E-state index in [1.807, 2.05) is 6.92 Å². The van der Waals surface area contributed by atoms with E-state index < -0.39 is 10.0 Å². The molecular weight excluding hydrogens is 372 g/mol. The molecule has 0 atom stereocenters. The lowest BCUT2D eigenvalue weighted by atomic mass is 10.1. The fourth-order valence-corrected chi connectivity index (χ4v) is 4.65. The second kappa shape index (κ2) is 8.17. The summed E-state index contributed by atoms with van der Waals surface area (Å²) in [6.07, 6.45) is 3.24. The van der Waals surface area contributed by atoms with Crippen molar-refractivity contribution < 1.29 is 8.42 Å². The van der Waals surface area contributed by atoms with Crippen LogP contribution in [0.3, 0.4) is 0 Å². The molecule has 8 nitrogen and oxygen atoms in total. The van der Waals surface area contributed by atoms with Crippen molar-refractivity contribution in [2.45, 2.75) is 36.2 Å². The van der Waals surface area contributed by atoms with Gasteiger partial charge in [0.1, 0.15) is 5.84 Å². The van der Waals surface area contributed by atoms with Crippen LogP contribution in [0.4, 0.5) is 0 Å². The quantitative estimate of drug-likeness (QED) is 0.434. The number of nitrogens with zero attached hydrogens (tertiary/aromatic N) is 6. The summed E-state index contributed by atoms with van der Waals surface area (Å²) in [5, 5.41) is 12.0. The third-order valence-electron chi connectivity index (χ3n) is 4.18. The number of benzene rings is 1. The van der Waals surface area contributed by atoms with Crippen molar-refractivity contribution in [1.29, 1.82) is 0 Å². The van der Waals surface area contributed by atoms with Gasteiger partial charge in [-0.05, 0) is 48.7 Å². The SMILES string of the molecule is Cc1ccc(S(=O)(=O)/N=C(/CSc2nnnn2C)N2CCCCC2)cc1. The molecule has 2 heterocycles. The first-order valence-electron chi connectivity index (χ1n) is 8.46. The van der Waals surface area contributed by atoms with E-state index in [4.69, 9.17) is 0 Å². The fourth-order valence-electron chi connectivity index (χ4n) is 2.70. The summed E-state index contributed by atoms with van der Waals surface area (Å²) in [6.45, 7) is 3.56. The summed E-state index contributed by atoms with van der Waals surface area (Å²) < 4.78 is 31.3. The van der Waals surface area contributed by atoms with Crippen LogP contribution in [-0.2, 0) is 17.1 Å². The summed E-state index contributed by atoms with van der Waals surface area (Å²) in [5.41, 5.74) is 1.01. The smallest absolute Gasteiger partial charge is 0.283 e. The first-order valence-corrected chi connectivity index (χ1v) is 10.9. The first-order chi connectivity index (χ1) is 12.5. The number of sulfonamides is 1. The molecule has 2 aromatic rings. The van der Waals surface area contributed by atoms with Crippen LogP contribution >= 0.6 is 11.8 Å². The van der Waals surface area contributed by atoms with E-state index in [-0.39, 0.29) is 4.90 Å².